The summed E-state index contributed by atoms with van der Waals surface area (Å²) in [6.07, 6.45) is 4.28. The summed E-state index contributed by atoms with van der Waals surface area (Å²) in [5, 5.41) is 0. The van der Waals surface area contributed by atoms with E-state index in [2.05, 4.69) is 12.1 Å². The Morgan fingerprint density at radius 3 is 2.35 bits per heavy atom. The molecule has 3 aromatic carbocycles. The van der Waals surface area contributed by atoms with E-state index in [1.165, 1.54) is 0 Å². The topological polar surface area (TPSA) is 68.3 Å². The van der Waals surface area contributed by atoms with Crippen LogP contribution < -0.4 is 9.47 Å². The van der Waals surface area contributed by atoms with Crippen molar-refractivity contribution >= 4 is 11.8 Å². The van der Waals surface area contributed by atoms with E-state index >= 15 is 0 Å². The van der Waals surface area contributed by atoms with Crippen LogP contribution >= 0.6 is 0 Å². The van der Waals surface area contributed by atoms with Crippen LogP contribution in [0.5, 0.6) is 11.5 Å². The maximum absolute atomic E-state index is 14.1. The minimum absolute atomic E-state index is 0.0636. The summed E-state index contributed by atoms with van der Waals surface area (Å²) in [7, 11) is 3.24. The molecular weight excluding hydrogens is 504 g/mol. The van der Waals surface area contributed by atoms with Gasteiger partial charge in [-0.3, -0.25) is 9.59 Å². The van der Waals surface area contributed by atoms with Gasteiger partial charge in [-0.1, -0.05) is 67.4 Å². The zero-order chi connectivity index (χ0) is 28.2. The maximum Gasteiger partial charge on any atom is 0.257 e. The minimum atomic E-state index is -0.254. The lowest BCUT2D eigenvalue weighted by molar-refractivity contribution is 0.0588. The molecule has 0 unspecified atom stereocenters. The summed E-state index contributed by atoms with van der Waals surface area (Å²) in [4.78, 5) is 31.5. The summed E-state index contributed by atoms with van der Waals surface area (Å²) in [6, 6.07) is 24.6. The van der Waals surface area contributed by atoms with Crippen molar-refractivity contribution in [3.05, 3.63) is 95.6 Å². The third-order valence-corrected chi connectivity index (χ3v) is 7.33. The van der Waals surface area contributed by atoms with Gasteiger partial charge in [0.15, 0.2) is 0 Å². The van der Waals surface area contributed by atoms with Gasteiger partial charge in [-0.2, -0.15) is 0 Å². The first-order valence-corrected chi connectivity index (χ1v) is 14.1. The fourth-order valence-corrected chi connectivity index (χ4v) is 5.15. The van der Waals surface area contributed by atoms with Crippen LogP contribution in [0.25, 0.3) is 0 Å². The zero-order valence-electron chi connectivity index (χ0n) is 23.6. The van der Waals surface area contributed by atoms with Crippen LogP contribution in [-0.2, 0) is 11.2 Å². The number of methoxy groups -OCH3 is 2. The van der Waals surface area contributed by atoms with Crippen LogP contribution in [0.15, 0.2) is 78.9 Å². The van der Waals surface area contributed by atoms with Crippen molar-refractivity contribution in [1.29, 1.82) is 0 Å². The van der Waals surface area contributed by atoms with E-state index in [1.54, 1.807) is 14.2 Å². The van der Waals surface area contributed by atoms with Gasteiger partial charge in [-0.15, -0.1) is 0 Å². The van der Waals surface area contributed by atoms with Gasteiger partial charge in [0, 0.05) is 26.7 Å². The Morgan fingerprint density at radius 2 is 1.57 bits per heavy atom. The van der Waals surface area contributed by atoms with E-state index in [1.807, 2.05) is 76.5 Å². The Morgan fingerprint density at radius 1 is 0.875 bits per heavy atom. The zero-order valence-corrected chi connectivity index (χ0v) is 23.6. The highest BCUT2D eigenvalue weighted by molar-refractivity contribution is 5.97. The molecule has 0 aliphatic carbocycles. The number of para-hydroxylation sites is 2. The number of fused-ring (bicyclic) bond motifs is 1. The third kappa shape index (κ3) is 7.63. The highest BCUT2D eigenvalue weighted by Crippen LogP contribution is 2.25. The fraction of sp³-hybridized carbons (Fsp3) is 0.394. The van der Waals surface area contributed by atoms with Gasteiger partial charge in [0.2, 0.25) is 0 Å². The summed E-state index contributed by atoms with van der Waals surface area (Å²) in [5.74, 6) is 0.934. The molecule has 0 spiro atoms. The molecule has 7 nitrogen and oxygen atoms in total. The predicted octanol–water partition coefficient (Wildman–Crippen LogP) is 5.49. The van der Waals surface area contributed by atoms with Crippen LogP contribution in [0.1, 0.15) is 52.0 Å². The van der Waals surface area contributed by atoms with Gasteiger partial charge in [0.25, 0.3) is 11.8 Å². The first-order chi connectivity index (χ1) is 19.6. The molecule has 1 aliphatic rings. The second kappa shape index (κ2) is 15.1. The Labute approximate surface area is 237 Å². The Kier molecular flexibility index (Phi) is 11.0. The summed E-state index contributed by atoms with van der Waals surface area (Å²) >= 11 is 0. The number of benzene rings is 3. The molecule has 1 atom stereocenters. The molecular formula is C33H40N2O5. The molecule has 2 amide bonds. The number of hydrogen-bond donors (Lipinski definition) is 0. The first-order valence-electron chi connectivity index (χ1n) is 14.1. The Balaban J connectivity index is 1.69. The summed E-state index contributed by atoms with van der Waals surface area (Å²) in [5.41, 5.74) is 2.18. The average molecular weight is 545 g/mol. The highest BCUT2D eigenvalue weighted by Gasteiger charge is 2.28. The molecule has 0 saturated heterocycles. The van der Waals surface area contributed by atoms with Crippen LogP contribution in [0.3, 0.4) is 0 Å². The van der Waals surface area contributed by atoms with Crippen molar-refractivity contribution in [3.8, 4) is 11.5 Å². The molecule has 40 heavy (non-hydrogen) atoms. The second-order valence-electron chi connectivity index (χ2n) is 10.0. The molecule has 0 aromatic heterocycles. The number of ether oxygens (including phenoxy) is 3. The lowest BCUT2D eigenvalue weighted by atomic mass is 10.0. The molecule has 3 aromatic rings. The Hall–Kier alpha value is -3.84. The lowest BCUT2D eigenvalue weighted by Crippen LogP contribution is -2.46. The third-order valence-electron chi connectivity index (χ3n) is 7.33. The molecule has 7 heteroatoms. The largest absolute Gasteiger partial charge is 0.496 e. The van der Waals surface area contributed by atoms with Crippen LogP contribution in [0.4, 0.5) is 0 Å². The molecule has 4 rings (SSSR count). The smallest absolute Gasteiger partial charge is 0.257 e. The maximum atomic E-state index is 14.1. The quantitative estimate of drug-likeness (QED) is 0.394. The fourth-order valence-electron chi connectivity index (χ4n) is 5.15. The number of amides is 2. The average Bonchev–Trinajstić information content (AvgIpc) is 3.00. The molecule has 0 saturated carbocycles. The molecule has 0 bridgehead atoms. The van der Waals surface area contributed by atoms with E-state index in [-0.39, 0.29) is 24.5 Å². The standard InChI is InChI=1S/C33H40N2O5/c1-38-23-22-34-20-12-3-4-13-21-35(33(37)28-16-8-10-18-30(28)39-2)27(24-26-14-6-5-7-15-26)25-40-31-19-11-9-17-29(31)32(34)36/h5-11,14-19,27H,3-4,12-13,20-25H2,1-2H3/t27-/m0/s1. The van der Waals surface area contributed by atoms with Crippen LogP contribution in [-0.4, -0.2) is 74.7 Å². The number of carbonyl (C=O) groups excluding carboxylic acids is 2. The second-order valence-corrected chi connectivity index (χ2v) is 10.0. The minimum Gasteiger partial charge on any atom is -0.496 e. The molecule has 0 N–H and O–H groups in total. The van der Waals surface area contributed by atoms with E-state index in [0.29, 0.717) is 55.3 Å². The predicted molar refractivity (Wildman–Crippen MR) is 156 cm³/mol. The number of nitrogens with zero attached hydrogens (tertiary/aromatic N) is 2. The summed E-state index contributed by atoms with van der Waals surface area (Å²) < 4.78 is 17.2. The first kappa shape index (κ1) is 29.2. The van der Waals surface area contributed by atoms with E-state index in [0.717, 1.165) is 31.2 Å². The van der Waals surface area contributed by atoms with Crippen molar-refractivity contribution < 1.29 is 23.8 Å². The van der Waals surface area contributed by atoms with E-state index in [4.69, 9.17) is 14.2 Å². The molecule has 0 fully saturated rings. The monoisotopic (exact) mass is 544 g/mol. The summed E-state index contributed by atoms with van der Waals surface area (Å²) in [6.45, 7) is 2.51. The number of carbonyl (C=O) groups is 2. The number of rotatable bonds is 7. The van der Waals surface area contributed by atoms with Crippen LogP contribution in [0.2, 0.25) is 0 Å². The molecule has 0 radical (unpaired) electrons. The van der Waals surface area contributed by atoms with Gasteiger partial charge in [0.05, 0.1) is 30.9 Å². The Bertz CT molecular complexity index is 1230. The van der Waals surface area contributed by atoms with Gasteiger partial charge >= 0.3 is 0 Å². The van der Waals surface area contributed by atoms with Gasteiger partial charge in [-0.25, -0.2) is 0 Å². The van der Waals surface area contributed by atoms with E-state index < -0.39 is 0 Å². The molecule has 212 valence electrons. The SMILES string of the molecule is COCCN1CCCCCCN(C(=O)c2ccccc2OC)[C@@H](Cc2ccccc2)COc2ccccc2C1=O. The van der Waals surface area contributed by atoms with Crippen molar-refractivity contribution in [2.45, 2.75) is 38.1 Å². The number of hydrogen-bond acceptors (Lipinski definition) is 5. The van der Waals surface area contributed by atoms with Crippen LogP contribution in [0, 0.1) is 0 Å². The van der Waals surface area contributed by atoms with Gasteiger partial charge in [0.1, 0.15) is 18.1 Å². The van der Waals surface area contributed by atoms with Gasteiger partial charge < -0.3 is 24.0 Å². The van der Waals surface area contributed by atoms with Crippen molar-refractivity contribution in [2.75, 3.05) is 47.1 Å². The van der Waals surface area contributed by atoms with Crippen molar-refractivity contribution in [1.82, 2.24) is 9.80 Å². The van der Waals surface area contributed by atoms with E-state index in [9.17, 15) is 9.59 Å². The van der Waals surface area contributed by atoms with Gasteiger partial charge in [-0.05, 0) is 49.1 Å². The highest BCUT2D eigenvalue weighted by atomic mass is 16.5. The van der Waals surface area contributed by atoms with Crippen molar-refractivity contribution in [3.63, 3.8) is 0 Å². The van der Waals surface area contributed by atoms with Crippen molar-refractivity contribution in [2.24, 2.45) is 0 Å². The molecule has 1 heterocycles. The molecule has 1 aliphatic heterocycles. The lowest BCUT2D eigenvalue weighted by Gasteiger charge is -2.33. The normalized spacial score (nSPS) is 16.9.